The topological polar surface area (TPSA) is 38.3 Å². The summed E-state index contributed by atoms with van der Waals surface area (Å²) in [5.74, 6) is 0.762. The van der Waals surface area contributed by atoms with Gasteiger partial charge in [-0.15, -0.1) is 11.6 Å². The van der Waals surface area contributed by atoms with Gasteiger partial charge >= 0.3 is 0 Å². The van der Waals surface area contributed by atoms with E-state index >= 15 is 0 Å². The van der Waals surface area contributed by atoms with Crippen LogP contribution >= 0.6 is 11.6 Å². The van der Waals surface area contributed by atoms with E-state index in [1.165, 1.54) is 0 Å². The van der Waals surface area contributed by atoms with Crippen LogP contribution in [0.25, 0.3) is 0 Å². The zero-order chi connectivity index (χ0) is 13.7. The number of benzene rings is 1. The van der Waals surface area contributed by atoms with Crippen molar-refractivity contribution in [1.82, 2.24) is 5.32 Å². The smallest absolute Gasteiger partial charge is 0.227 e. The summed E-state index contributed by atoms with van der Waals surface area (Å²) >= 11 is 6.12. The normalized spacial score (nSPS) is 19.2. The van der Waals surface area contributed by atoms with Gasteiger partial charge in [0, 0.05) is 12.1 Å². The van der Waals surface area contributed by atoms with Crippen molar-refractivity contribution in [1.29, 1.82) is 0 Å². The van der Waals surface area contributed by atoms with E-state index in [9.17, 15) is 4.79 Å². The molecule has 0 bridgehead atoms. The van der Waals surface area contributed by atoms with Crippen LogP contribution in [0, 0.1) is 0 Å². The summed E-state index contributed by atoms with van der Waals surface area (Å²) < 4.78 is 5.56. The Morgan fingerprint density at radius 3 is 3.11 bits per heavy atom. The molecule has 0 saturated carbocycles. The van der Waals surface area contributed by atoms with Crippen molar-refractivity contribution in [2.24, 2.45) is 0 Å². The van der Waals surface area contributed by atoms with Gasteiger partial charge in [-0.05, 0) is 18.9 Å². The van der Waals surface area contributed by atoms with E-state index in [4.69, 9.17) is 16.3 Å². The number of carbonyl (C=O) groups excluding carboxylic acids is 1. The second-order valence-electron chi connectivity index (χ2n) is 4.86. The molecule has 0 spiro atoms. The standard InChI is InChI=1S/C15H20ClNO2/c1-2-5-11(16)10-17-15(18)13-8-9-19-14-7-4-3-6-12(13)14/h3-4,6-7,11,13H,2,5,8-10H2,1H3,(H,17,18). The lowest BCUT2D eigenvalue weighted by molar-refractivity contribution is -0.123. The predicted molar refractivity (Wildman–Crippen MR) is 76.9 cm³/mol. The third-order valence-electron chi connectivity index (χ3n) is 3.37. The summed E-state index contributed by atoms with van der Waals surface area (Å²) in [7, 11) is 0. The molecule has 0 saturated heterocycles. The van der Waals surface area contributed by atoms with Crippen LogP contribution in [0.3, 0.4) is 0 Å². The molecule has 2 atom stereocenters. The van der Waals surface area contributed by atoms with Gasteiger partial charge in [-0.2, -0.15) is 0 Å². The molecule has 1 amide bonds. The molecule has 2 unspecified atom stereocenters. The van der Waals surface area contributed by atoms with E-state index in [2.05, 4.69) is 12.2 Å². The van der Waals surface area contributed by atoms with E-state index in [1.54, 1.807) is 0 Å². The second-order valence-corrected chi connectivity index (χ2v) is 5.48. The van der Waals surface area contributed by atoms with Crippen LogP contribution in [0.2, 0.25) is 0 Å². The number of amides is 1. The zero-order valence-corrected chi connectivity index (χ0v) is 12.0. The van der Waals surface area contributed by atoms with Crippen molar-refractivity contribution in [2.45, 2.75) is 37.5 Å². The number of alkyl halides is 1. The van der Waals surface area contributed by atoms with Gasteiger partial charge in [-0.25, -0.2) is 0 Å². The molecule has 104 valence electrons. The molecule has 19 heavy (non-hydrogen) atoms. The molecule has 0 aromatic heterocycles. The highest BCUT2D eigenvalue weighted by molar-refractivity contribution is 6.20. The molecular weight excluding hydrogens is 262 g/mol. The number of rotatable bonds is 5. The Labute approximate surface area is 119 Å². The first-order valence-electron chi connectivity index (χ1n) is 6.86. The quantitative estimate of drug-likeness (QED) is 0.843. The largest absolute Gasteiger partial charge is 0.493 e. The number of hydrogen-bond donors (Lipinski definition) is 1. The molecule has 1 N–H and O–H groups in total. The molecule has 1 aliphatic heterocycles. The summed E-state index contributed by atoms with van der Waals surface area (Å²) in [4.78, 5) is 12.2. The minimum absolute atomic E-state index is 0.0176. The van der Waals surface area contributed by atoms with Crippen LogP contribution in [0.4, 0.5) is 0 Å². The van der Waals surface area contributed by atoms with Crippen LogP contribution in [0.1, 0.15) is 37.7 Å². The fraction of sp³-hybridized carbons (Fsp3) is 0.533. The Morgan fingerprint density at radius 2 is 2.32 bits per heavy atom. The third kappa shape index (κ3) is 3.63. The van der Waals surface area contributed by atoms with Crippen molar-refractivity contribution in [3.8, 4) is 5.75 Å². The highest BCUT2D eigenvalue weighted by Gasteiger charge is 2.27. The Kier molecular flexibility index (Phi) is 5.08. The Bertz CT molecular complexity index is 436. The second kappa shape index (κ2) is 6.80. The number of hydrogen-bond acceptors (Lipinski definition) is 2. The van der Waals surface area contributed by atoms with Crippen LogP contribution in [0.15, 0.2) is 24.3 Å². The first kappa shape index (κ1) is 14.2. The van der Waals surface area contributed by atoms with Crippen molar-refractivity contribution < 1.29 is 9.53 Å². The van der Waals surface area contributed by atoms with Gasteiger partial charge in [0.05, 0.1) is 17.9 Å². The number of carbonyl (C=O) groups is 1. The minimum Gasteiger partial charge on any atom is -0.493 e. The van der Waals surface area contributed by atoms with E-state index in [1.807, 2.05) is 24.3 Å². The molecule has 4 heteroatoms. The molecule has 2 rings (SSSR count). The number of para-hydroxylation sites is 1. The minimum atomic E-state index is -0.115. The predicted octanol–water partition coefficient (Wildman–Crippen LogP) is 3.08. The molecule has 1 aromatic carbocycles. The fourth-order valence-electron chi connectivity index (χ4n) is 2.36. The molecule has 0 fully saturated rings. The molecular formula is C15H20ClNO2. The molecule has 3 nitrogen and oxygen atoms in total. The number of nitrogens with one attached hydrogen (secondary N) is 1. The molecule has 0 radical (unpaired) electrons. The zero-order valence-electron chi connectivity index (χ0n) is 11.2. The Morgan fingerprint density at radius 1 is 1.53 bits per heavy atom. The lowest BCUT2D eigenvalue weighted by atomic mass is 9.92. The first-order valence-corrected chi connectivity index (χ1v) is 7.29. The van der Waals surface area contributed by atoms with Gasteiger partial charge in [0.1, 0.15) is 5.75 Å². The maximum Gasteiger partial charge on any atom is 0.227 e. The summed E-state index contributed by atoms with van der Waals surface area (Å²) in [6, 6.07) is 7.74. The number of ether oxygens (including phenoxy) is 1. The maximum atomic E-state index is 12.2. The average Bonchev–Trinajstić information content (AvgIpc) is 2.44. The molecule has 0 aliphatic carbocycles. The highest BCUT2D eigenvalue weighted by atomic mass is 35.5. The van der Waals surface area contributed by atoms with Crippen molar-refractivity contribution in [3.05, 3.63) is 29.8 Å². The molecule has 1 heterocycles. The summed E-state index contributed by atoms with van der Waals surface area (Å²) in [6.07, 6.45) is 2.68. The maximum absolute atomic E-state index is 12.2. The third-order valence-corrected chi connectivity index (χ3v) is 3.75. The molecule has 1 aromatic rings. The van der Waals surface area contributed by atoms with Gasteiger partial charge < -0.3 is 10.1 Å². The van der Waals surface area contributed by atoms with E-state index in [0.717, 1.165) is 30.6 Å². The highest BCUT2D eigenvalue weighted by Crippen LogP contribution is 2.33. The summed E-state index contributed by atoms with van der Waals surface area (Å²) in [5, 5.41) is 2.97. The molecule has 1 aliphatic rings. The van der Waals surface area contributed by atoms with Crippen molar-refractivity contribution >= 4 is 17.5 Å². The lowest BCUT2D eigenvalue weighted by Gasteiger charge is -2.25. The van der Waals surface area contributed by atoms with Gasteiger partial charge in [-0.1, -0.05) is 31.5 Å². The SMILES string of the molecule is CCCC(Cl)CNC(=O)C1CCOc2ccccc21. The van der Waals surface area contributed by atoms with Gasteiger partial charge in [0.2, 0.25) is 5.91 Å². The van der Waals surface area contributed by atoms with Gasteiger partial charge in [0.15, 0.2) is 0 Å². The summed E-state index contributed by atoms with van der Waals surface area (Å²) in [5.41, 5.74) is 0.980. The fourth-order valence-corrected chi connectivity index (χ4v) is 2.66. The van der Waals surface area contributed by atoms with Crippen LogP contribution in [-0.2, 0) is 4.79 Å². The van der Waals surface area contributed by atoms with E-state index < -0.39 is 0 Å². The summed E-state index contributed by atoms with van der Waals surface area (Å²) in [6.45, 7) is 3.22. The van der Waals surface area contributed by atoms with Crippen molar-refractivity contribution in [3.63, 3.8) is 0 Å². The van der Waals surface area contributed by atoms with Crippen molar-refractivity contribution in [2.75, 3.05) is 13.2 Å². The van der Waals surface area contributed by atoms with E-state index in [0.29, 0.717) is 13.2 Å². The average molecular weight is 282 g/mol. The Balaban J connectivity index is 1.97. The van der Waals surface area contributed by atoms with Crippen LogP contribution < -0.4 is 10.1 Å². The van der Waals surface area contributed by atoms with E-state index in [-0.39, 0.29) is 17.2 Å². The van der Waals surface area contributed by atoms with Crippen LogP contribution in [0.5, 0.6) is 5.75 Å². The Hall–Kier alpha value is -1.22. The number of fused-ring (bicyclic) bond motifs is 1. The van der Waals surface area contributed by atoms with Gasteiger partial charge in [0.25, 0.3) is 0 Å². The van der Waals surface area contributed by atoms with Crippen LogP contribution in [-0.4, -0.2) is 24.4 Å². The number of halogens is 1. The monoisotopic (exact) mass is 281 g/mol. The first-order chi connectivity index (χ1) is 9.22. The lowest BCUT2D eigenvalue weighted by Crippen LogP contribution is -2.35. The van der Waals surface area contributed by atoms with Gasteiger partial charge in [-0.3, -0.25) is 4.79 Å².